The molecule has 0 atom stereocenters. The molecule has 0 bridgehead atoms. The molecule has 3 aromatic rings. The highest BCUT2D eigenvalue weighted by Gasteiger charge is 2.08. The van der Waals surface area contributed by atoms with E-state index in [9.17, 15) is 0 Å². The number of benzene rings is 3. The van der Waals surface area contributed by atoms with Crippen molar-refractivity contribution < 1.29 is 0 Å². The fourth-order valence-corrected chi connectivity index (χ4v) is 3.16. The molecule has 0 radical (unpaired) electrons. The van der Waals surface area contributed by atoms with Crippen LogP contribution < -0.4 is 0 Å². The van der Waals surface area contributed by atoms with Crippen LogP contribution in [0.2, 0.25) is 0 Å². The van der Waals surface area contributed by atoms with Crippen LogP contribution in [0.5, 0.6) is 0 Å². The van der Waals surface area contributed by atoms with Crippen molar-refractivity contribution in [3.63, 3.8) is 0 Å². The van der Waals surface area contributed by atoms with Crippen molar-refractivity contribution in [3.8, 4) is 22.3 Å². The van der Waals surface area contributed by atoms with E-state index in [-0.39, 0.29) is 0 Å². The molecule has 23 heavy (non-hydrogen) atoms. The van der Waals surface area contributed by atoms with E-state index in [4.69, 9.17) is 0 Å². The van der Waals surface area contributed by atoms with Gasteiger partial charge in [-0.05, 0) is 84.7 Å². The molecule has 0 amide bonds. The molecule has 0 aliphatic carbocycles. The summed E-state index contributed by atoms with van der Waals surface area (Å²) in [6, 6.07) is 19.9. The average molecular weight is 300 g/mol. The van der Waals surface area contributed by atoms with Crippen molar-refractivity contribution in [1.29, 1.82) is 0 Å². The van der Waals surface area contributed by atoms with Crippen molar-refractivity contribution in [2.75, 3.05) is 0 Å². The van der Waals surface area contributed by atoms with Crippen molar-refractivity contribution >= 4 is 0 Å². The van der Waals surface area contributed by atoms with Crippen LogP contribution in [0, 0.1) is 34.6 Å². The third-order valence-electron chi connectivity index (χ3n) is 5.17. The molecular weight excluding hydrogens is 276 g/mol. The van der Waals surface area contributed by atoms with Gasteiger partial charge >= 0.3 is 0 Å². The number of hydrogen-bond donors (Lipinski definition) is 0. The van der Waals surface area contributed by atoms with Gasteiger partial charge in [-0.1, -0.05) is 54.6 Å². The van der Waals surface area contributed by atoms with E-state index in [1.54, 1.807) is 0 Å². The van der Waals surface area contributed by atoms with E-state index in [1.165, 1.54) is 50.1 Å². The molecule has 0 heteroatoms. The Kier molecular flexibility index (Phi) is 4.09. The molecule has 0 N–H and O–H groups in total. The zero-order valence-corrected chi connectivity index (χ0v) is 14.7. The first-order valence-corrected chi connectivity index (χ1v) is 8.23. The summed E-state index contributed by atoms with van der Waals surface area (Å²) in [6.07, 6.45) is 0. The summed E-state index contributed by atoms with van der Waals surface area (Å²) in [5.74, 6) is 0. The van der Waals surface area contributed by atoms with E-state index in [1.807, 2.05) is 0 Å². The largest absolute Gasteiger partial charge is 0.0614 e. The Morgan fingerprint density at radius 1 is 0.435 bits per heavy atom. The van der Waals surface area contributed by atoms with E-state index in [2.05, 4.69) is 89.2 Å². The highest BCUT2D eigenvalue weighted by atomic mass is 14.1. The van der Waals surface area contributed by atoms with Crippen molar-refractivity contribution in [3.05, 3.63) is 82.4 Å². The predicted molar refractivity (Wildman–Crippen MR) is 101 cm³/mol. The summed E-state index contributed by atoms with van der Waals surface area (Å²) in [5.41, 5.74) is 12.1. The maximum absolute atomic E-state index is 2.24. The SMILES string of the molecule is Cc1cccc(-c2ccc(-c3ccc(C)c(C)c3C)cc2)c1C. The molecule has 0 aromatic heterocycles. The van der Waals surface area contributed by atoms with Crippen LogP contribution >= 0.6 is 0 Å². The molecule has 116 valence electrons. The van der Waals surface area contributed by atoms with Gasteiger partial charge in [0.05, 0.1) is 0 Å². The normalized spacial score (nSPS) is 10.8. The molecular formula is C23H24. The standard InChI is InChI=1S/C23H24/c1-15-7-6-8-22(18(15)4)20-10-12-21(13-11-20)23-14-9-16(2)17(3)19(23)5/h6-14H,1-5H3. The Hall–Kier alpha value is -2.34. The van der Waals surface area contributed by atoms with Gasteiger partial charge in [0.25, 0.3) is 0 Å². The Balaban J connectivity index is 2.03. The molecule has 0 saturated heterocycles. The van der Waals surface area contributed by atoms with Crippen molar-refractivity contribution in [1.82, 2.24) is 0 Å². The summed E-state index contributed by atoms with van der Waals surface area (Å²) in [6.45, 7) is 11.0. The zero-order chi connectivity index (χ0) is 16.6. The molecule has 0 aliphatic heterocycles. The lowest BCUT2D eigenvalue weighted by atomic mass is 9.92. The van der Waals surface area contributed by atoms with Gasteiger partial charge in [0.1, 0.15) is 0 Å². The fraction of sp³-hybridized carbons (Fsp3) is 0.217. The van der Waals surface area contributed by atoms with Crippen LogP contribution in [-0.2, 0) is 0 Å². The van der Waals surface area contributed by atoms with E-state index in [0.29, 0.717) is 0 Å². The van der Waals surface area contributed by atoms with Crippen LogP contribution in [-0.4, -0.2) is 0 Å². The summed E-state index contributed by atoms with van der Waals surface area (Å²) in [5, 5.41) is 0. The van der Waals surface area contributed by atoms with Gasteiger partial charge < -0.3 is 0 Å². The molecule has 0 unspecified atom stereocenters. The van der Waals surface area contributed by atoms with Crippen LogP contribution in [0.3, 0.4) is 0 Å². The fourth-order valence-electron chi connectivity index (χ4n) is 3.16. The molecule has 0 aliphatic rings. The number of hydrogen-bond acceptors (Lipinski definition) is 0. The number of aryl methyl sites for hydroxylation is 2. The maximum Gasteiger partial charge on any atom is -0.0152 e. The van der Waals surface area contributed by atoms with Crippen LogP contribution in [0.25, 0.3) is 22.3 Å². The summed E-state index contributed by atoms with van der Waals surface area (Å²) in [7, 11) is 0. The Morgan fingerprint density at radius 3 is 1.57 bits per heavy atom. The average Bonchev–Trinajstić information content (AvgIpc) is 2.56. The van der Waals surface area contributed by atoms with Crippen molar-refractivity contribution in [2.24, 2.45) is 0 Å². The highest BCUT2D eigenvalue weighted by molar-refractivity contribution is 5.74. The molecule has 0 spiro atoms. The van der Waals surface area contributed by atoms with Gasteiger partial charge in [-0.3, -0.25) is 0 Å². The van der Waals surface area contributed by atoms with Crippen LogP contribution in [0.15, 0.2) is 54.6 Å². The van der Waals surface area contributed by atoms with Gasteiger partial charge in [0.2, 0.25) is 0 Å². The minimum absolute atomic E-state index is 1.29. The Bertz CT molecular complexity index is 852. The lowest BCUT2D eigenvalue weighted by Crippen LogP contribution is -1.91. The minimum Gasteiger partial charge on any atom is -0.0614 e. The summed E-state index contributed by atoms with van der Waals surface area (Å²) in [4.78, 5) is 0. The second-order valence-electron chi connectivity index (χ2n) is 6.50. The van der Waals surface area contributed by atoms with Gasteiger partial charge in [0.15, 0.2) is 0 Å². The third-order valence-corrected chi connectivity index (χ3v) is 5.17. The zero-order valence-electron chi connectivity index (χ0n) is 14.7. The molecule has 0 fully saturated rings. The van der Waals surface area contributed by atoms with Gasteiger partial charge in [-0.2, -0.15) is 0 Å². The van der Waals surface area contributed by atoms with E-state index in [0.717, 1.165) is 0 Å². The van der Waals surface area contributed by atoms with Gasteiger partial charge in [-0.15, -0.1) is 0 Å². The molecule has 0 nitrogen and oxygen atoms in total. The highest BCUT2D eigenvalue weighted by Crippen LogP contribution is 2.31. The van der Waals surface area contributed by atoms with Crippen LogP contribution in [0.4, 0.5) is 0 Å². The summed E-state index contributed by atoms with van der Waals surface area (Å²) >= 11 is 0. The lowest BCUT2D eigenvalue weighted by molar-refractivity contribution is 1.27. The minimum atomic E-state index is 1.29. The Labute approximate surface area is 139 Å². The van der Waals surface area contributed by atoms with E-state index < -0.39 is 0 Å². The number of rotatable bonds is 2. The molecule has 3 aromatic carbocycles. The topological polar surface area (TPSA) is 0 Å². The molecule has 0 heterocycles. The van der Waals surface area contributed by atoms with Crippen molar-refractivity contribution in [2.45, 2.75) is 34.6 Å². The maximum atomic E-state index is 2.24. The first kappa shape index (κ1) is 15.6. The van der Waals surface area contributed by atoms with E-state index >= 15 is 0 Å². The summed E-state index contributed by atoms with van der Waals surface area (Å²) < 4.78 is 0. The second-order valence-corrected chi connectivity index (χ2v) is 6.50. The first-order chi connectivity index (χ1) is 11.0. The predicted octanol–water partition coefficient (Wildman–Crippen LogP) is 6.56. The smallest absolute Gasteiger partial charge is 0.0152 e. The monoisotopic (exact) mass is 300 g/mol. The van der Waals surface area contributed by atoms with Crippen LogP contribution in [0.1, 0.15) is 27.8 Å². The molecule has 3 rings (SSSR count). The van der Waals surface area contributed by atoms with Gasteiger partial charge in [-0.25, -0.2) is 0 Å². The first-order valence-electron chi connectivity index (χ1n) is 8.23. The quantitative estimate of drug-likeness (QED) is 0.502. The molecule has 0 saturated carbocycles. The van der Waals surface area contributed by atoms with Gasteiger partial charge in [0, 0.05) is 0 Å². The lowest BCUT2D eigenvalue weighted by Gasteiger charge is -2.13. The Morgan fingerprint density at radius 2 is 0.957 bits per heavy atom. The third kappa shape index (κ3) is 2.82. The second kappa shape index (κ2) is 6.04.